The van der Waals surface area contributed by atoms with Gasteiger partial charge >= 0.3 is 0 Å². The molecule has 0 saturated carbocycles. The Balaban J connectivity index is 2.03. The first-order valence-electron chi connectivity index (χ1n) is 8.99. The molecule has 0 spiro atoms. The molecule has 28 heavy (non-hydrogen) atoms. The molecule has 0 heterocycles. The van der Waals surface area contributed by atoms with Gasteiger partial charge in [0.25, 0.3) is 0 Å². The van der Waals surface area contributed by atoms with Crippen LogP contribution in [0.5, 0.6) is 0 Å². The van der Waals surface area contributed by atoms with E-state index < -0.39 is 16.1 Å². The van der Waals surface area contributed by atoms with Crippen LogP contribution in [0.25, 0.3) is 0 Å². The minimum atomic E-state index is -3.73. The largest absolute Gasteiger partial charge is 0.295 e. The van der Waals surface area contributed by atoms with Crippen molar-refractivity contribution in [2.24, 2.45) is 0 Å². The molecule has 0 aliphatic rings. The van der Waals surface area contributed by atoms with Crippen molar-refractivity contribution in [3.05, 3.63) is 102 Å². The van der Waals surface area contributed by atoms with Crippen LogP contribution in [0.2, 0.25) is 0 Å². The lowest BCUT2D eigenvalue weighted by Crippen LogP contribution is -2.38. The average molecular weight is 415 g/mol. The zero-order chi connectivity index (χ0) is 20.0. The molecular weight excluding hydrogens is 392 g/mol. The van der Waals surface area contributed by atoms with Crippen LogP contribution >= 0.6 is 11.6 Å². The van der Waals surface area contributed by atoms with E-state index in [9.17, 15) is 8.42 Å². The number of sulfonamides is 1. The molecule has 0 saturated heterocycles. The van der Waals surface area contributed by atoms with E-state index in [1.807, 2.05) is 67.6 Å². The van der Waals surface area contributed by atoms with Gasteiger partial charge in [-0.3, -0.25) is 5.32 Å². The number of benzene rings is 3. The molecule has 2 atom stereocenters. The van der Waals surface area contributed by atoms with Crippen LogP contribution in [0.15, 0.2) is 89.8 Å². The minimum Gasteiger partial charge on any atom is -0.295 e. The zero-order valence-electron chi connectivity index (χ0n) is 15.5. The molecule has 3 aromatic carbocycles. The van der Waals surface area contributed by atoms with Crippen LogP contribution in [0.4, 0.5) is 0 Å². The van der Waals surface area contributed by atoms with Crippen molar-refractivity contribution in [1.29, 1.82) is 0 Å². The number of rotatable bonds is 8. The van der Waals surface area contributed by atoms with Crippen molar-refractivity contribution in [3.63, 3.8) is 0 Å². The summed E-state index contributed by atoms with van der Waals surface area (Å²) in [5.41, 5.74) is 2.80. The summed E-state index contributed by atoms with van der Waals surface area (Å²) < 4.78 is 29.1. The lowest BCUT2D eigenvalue weighted by molar-refractivity contribution is 0.445. The highest BCUT2D eigenvalue weighted by molar-refractivity contribution is 7.89. The van der Waals surface area contributed by atoms with Crippen molar-refractivity contribution in [1.82, 2.24) is 10.0 Å². The van der Waals surface area contributed by atoms with Gasteiger partial charge < -0.3 is 0 Å². The monoisotopic (exact) mass is 414 g/mol. The molecule has 0 aromatic heterocycles. The highest BCUT2D eigenvalue weighted by atomic mass is 35.5. The molecule has 0 amide bonds. The van der Waals surface area contributed by atoms with Gasteiger partial charge in [0.05, 0.1) is 23.0 Å². The van der Waals surface area contributed by atoms with Crippen LogP contribution < -0.4 is 10.0 Å². The third-order valence-electron chi connectivity index (χ3n) is 4.56. The van der Waals surface area contributed by atoms with E-state index in [4.69, 9.17) is 11.6 Å². The third-order valence-corrected chi connectivity index (χ3v) is 6.17. The normalized spacial score (nSPS) is 13.8. The van der Waals surface area contributed by atoms with Gasteiger partial charge in [-0.2, -0.15) is 0 Å². The first-order chi connectivity index (χ1) is 13.5. The van der Waals surface area contributed by atoms with E-state index in [-0.39, 0.29) is 16.9 Å². The summed E-state index contributed by atoms with van der Waals surface area (Å²) in [5.74, 6) is 0. The molecule has 4 nitrogen and oxygen atoms in total. The maximum atomic E-state index is 13.1. The number of nitrogens with one attached hydrogen (secondary N) is 2. The Labute approximate surface area is 171 Å². The first-order valence-corrected chi connectivity index (χ1v) is 11.0. The van der Waals surface area contributed by atoms with E-state index >= 15 is 0 Å². The van der Waals surface area contributed by atoms with E-state index in [0.717, 1.165) is 16.7 Å². The van der Waals surface area contributed by atoms with Gasteiger partial charge in [-0.25, -0.2) is 13.1 Å². The Morgan fingerprint density at radius 1 is 0.786 bits per heavy atom. The zero-order valence-corrected chi connectivity index (χ0v) is 17.1. The van der Waals surface area contributed by atoms with Gasteiger partial charge in [0, 0.05) is 0 Å². The standard InChI is InChI=1S/C22H23ClN2O2S/c1-17-12-14-20(15-13-17)28(26,27)25-22(19-10-6-3-7-11-19)21(24-16-23)18-8-4-2-5-9-18/h2-15,21-22,24-25H,16H2,1H3/t21-,22?/m1/s1. The van der Waals surface area contributed by atoms with Gasteiger partial charge in [-0.05, 0) is 30.2 Å². The number of hydrogen-bond donors (Lipinski definition) is 2. The molecule has 146 valence electrons. The SMILES string of the molecule is Cc1ccc(S(=O)(=O)NC(c2ccccc2)[C@H](NCCl)c2ccccc2)cc1. The lowest BCUT2D eigenvalue weighted by Gasteiger charge is -2.29. The fourth-order valence-corrected chi connectivity index (χ4v) is 4.52. The maximum Gasteiger partial charge on any atom is 0.241 e. The molecular formula is C22H23ClN2O2S. The van der Waals surface area contributed by atoms with Crippen LogP contribution in [0, 0.1) is 6.92 Å². The Bertz CT molecular complexity index is 978. The number of hydrogen-bond acceptors (Lipinski definition) is 3. The smallest absolute Gasteiger partial charge is 0.241 e. The molecule has 3 rings (SSSR count). The quantitative estimate of drug-likeness (QED) is 0.420. The van der Waals surface area contributed by atoms with Crippen molar-refractivity contribution < 1.29 is 8.42 Å². The van der Waals surface area contributed by atoms with Crippen LogP contribution in [0.3, 0.4) is 0 Å². The molecule has 6 heteroatoms. The summed E-state index contributed by atoms with van der Waals surface area (Å²) in [5, 5.41) is 3.22. The molecule has 2 N–H and O–H groups in total. The van der Waals surface area contributed by atoms with E-state index in [0.29, 0.717) is 0 Å². The molecule has 0 radical (unpaired) electrons. The second-order valence-corrected chi connectivity index (χ2v) is 8.53. The third kappa shape index (κ3) is 5.00. The predicted octanol–water partition coefficient (Wildman–Crippen LogP) is 4.54. The highest BCUT2D eigenvalue weighted by Gasteiger charge is 2.29. The first kappa shape index (κ1) is 20.6. The number of alkyl halides is 1. The minimum absolute atomic E-state index is 0.190. The summed E-state index contributed by atoms with van der Waals surface area (Å²) >= 11 is 6.00. The Morgan fingerprint density at radius 3 is 1.79 bits per heavy atom. The van der Waals surface area contributed by atoms with Crippen molar-refractivity contribution in [2.75, 3.05) is 6.00 Å². The lowest BCUT2D eigenvalue weighted by atomic mass is 9.94. The van der Waals surface area contributed by atoms with Crippen LogP contribution in [-0.4, -0.2) is 14.4 Å². The van der Waals surface area contributed by atoms with Gasteiger partial charge in [0.2, 0.25) is 10.0 Å². The van der Waals surface area contributed by atoms with Crippen molar-refractivity contribution in [2.45, 2.75) is 23.9 Å². The fourth-order valence-electron chi connectivity index (χ4n) is 3.11. The highest BCUT2D eigenvalue weighted by Crippen LogP contribution is 2.30. The topological polar surface area (TPSA) is 58.2 Å². The van der Waals surface area contributed by atoms with E-state index in [1.54, 1.807) is 24.3 Å². The molecule has 0 aliphatic carbocycles. The summed E-state index contributed by atoms with van der Waals surface area (Å²) in [7, 11) is -3.73. The maximum absolute atomic E-state index is 13.1. The summed E-state index contributed by atoms with van der Waals surface area (Å²) in [6.45, 7) is 1.92. The van der Waals surface area contributed by atoms with Crippen LogP contribution in [-0.2, 0) is 10.0 Å². The molecule has 0 fully saturated rings. The van der Waals surface area contributed by atoms with Gasteiger partial charge in [-0.1, -0.05) is 78.4 Å². The summed E-state index contributed by atoms with van der Waals surface area (Å²) in [6, 6.07) is 25.3. The Morgan fingerprint density at radius 2 is 1.29 bits per heavy atom. The summed E-state index contributed by atoms with van der Waals surface area (Å²) in [4.78, 5) is 0.233. The Kier molecular flexibility index (Phi) is 6.86. The molecule has 3 aromatic rings. The average Bonchev–Trinajstić information content (AvgIpc) is 2.72. The number of halogens is 1. The number of aryl methyl sites for hydroxylation is 1. The van der Waals surface area contributed by atoms with Crippen LogP contribution in [0.1, 0.15) is 28.8 Å². The van der Waals surface area contributed by atoms with Crippen molar-refractivity contribution in [3.8, 4) is 0 Å². The van der Waals surface area contributed by atoms with Gasteiger partial charge in [0.15, 0.2) is 0 Å². The predicted molar refractivity (Wildman–Crippen MR) is 114 cm³/mol. The second-order valence-electron chi connectivity index (χ2n) is 6.55. The molecule has 0 aliphatic heterocycles. The van der Waals surface area contributed by atoms with E-state index in [1.165, 1.54) is 0 Å². The fraction of sp³-hybridized carbons (Fsp3) is 0.182. The molecule has 0 bridgehead atoms. The second kappa shape index (κ2) is 9.34. The Hall–Kier alpha value is -2.18. The summed E-state index contributed by atoms with van der Waals surface area (Å²) in [6.07, 6.45) is 0. The van der Waals surface area contributed by atoms with Crippen molar-refractivity contribution >= 4 is 21.6 Å². The van der Waals surface area contributed by atoms with E-state index in [2.05, 4.69) is 10.0 Å². The van der Waals surface area contributed by atoms with Gasteiger partial charge in [-0.15, -0.1) is 11.6 Å². The van der Waals surface area contributed by atoms with Gasteiger partial charge in [0.1, 0.15) is 0 Å². The molecule has 1 unspecified atom stereocenters.